The summed E-state index contributed by atoms with van der Waals surface area (Å²) in [5, 5.41) is 0. The Balaban J connectivity index is 2.88. The van der Waals surface area contributed by atoms with Gasteiger partial charge in [0.2, 0.25) is 7.28 Å². The largest absolute Gasteiger partial charge is 0.469 e. The van der Waals surface area contributed by atoms with Gasteiger partial charge < -0.3 is 4.42 Å². The highest BCUT2D eigenvalue weighted by atomic mass is 16.3. The molecule has 1 aromatic heterocycles. The van der Waals surface area contributed by atoms with Crippen LogP contribution in [0, 0.1) is 0 Å². The van der Waals surface area contributed by atoms with Crippen LogP contribution in [0.25, 0.3) is 0 Å². The number of furan rings is 1. The summed E-state index contributed by atoms with van der Waals surface area (Å²) in [7, 11) is 0.841. The van der Waals surface area contributed by atoms with Crippen LogP contribution >= 0.6 is 0 Å². The van der Waals surface area contributed by atoms with Gasteiger partial charge in [-0.1, -0.05) is 6.82 Å². The van der Waals surface area contributed by atoms with Crippen molar-refractivity contribution in [2.75, 3.05) is 0 Å². The summed E-state index contributed by atoms with van der Waals surface area (Å²) in [5.74, 6) is 0.441. The van der Waals surface area contributed by atoms with E-state index < -0.39 is 0 Å². The lowest BCUT2D eigenvalue weighted by Gasteiger charge is -1.85. The minimum Gasteiger partial charge on any atom is -0.469 e. The van der Waals surface area contributed by atoms with Gasteiger partial charge in [-0.15, -0.1) is 0 Å². The molecule has 0 saturated heterocycles. The Morgan fingerprint density at radius 1 is 1.60 bits per heavy atom. The number of rotatable bonds is 2. The molecule has 0 bridgehead atoms. The molecule has 1 aromatic rings. The molecule has 2 nitrogen and oxygen atoms in total. The van der Waals surface area contributed by atoms with Crippen molar-refractivity contribution in [3.8, 4) is 0 Å². The highest BCUT2D eigenvalue weighted by Crippen LogP contribution is 1.97. The molecule has 0 aliphatic heterocycles. The van der Waals surface area contributed by atoms with Crippen molar-refractivity contribution >= 4 is 18.7 Å². The van der Waals surface area contributed by atoms with Crippen LogP contribution in [0.2, 0.25) is 6.82 Å². The maximum absolute atomic E-state index is 10.7. The Labute approximate surface area is 60.5 Å². The predicted octanol–water partition coefficient (Wildman–Crippen LogP) is 0.592. The fraction of sp³-hybridized carbons (Fsp3) is 0.286. The SMILES string of the molecule is CBc1ccc(C(C)=O)o1. The molecule has 3 heteroatoms. The van der Waals surface area contributed by atoms with Crippen molar-refractivity contribution in [1.29, 1.82) is 0 Å². The van der Waals surface area contributed by atoms with E-state index in [0.717, 1.165) is 12.9 Å². The zero-order chi connectivity index (χ0) is 7.56. The normalized spacial score (nSPS) is 9.40. The van der Waals surface area contributed by atoms with Gasteiger partial charge in [0.1, 0.15) is 0 Å². The van der Waals surface area contributed by atoms with Crippen molar-refractivity contribution in [3.05, 3.63) is 17.9 Å². The Hall–Kier alpha value is -0.985. The molecule has 0 amide bonds. The number of carbonyl (C=O) groups excluding carboxylic acids is 1. The van der Waals surface area contributed by atoms with E-state index >= 15 is 0 Å². The third-order valence-corrected chi connectivity index (χ3v) is 1.36. The van der Waals surface area contributed by atoms with E-state index in [1.54, 1.807) is 6.07 Å². The lowest BCUT2D eigenvalue weighted by molar-refractivity contribution is 0.0988. The van der Waals surface area contributed by atoms with E-state index in [9.17, 15) is 4.79 Å². The summed E-state index contributed by atoms with van der Waals surface area (Å²) in [5.41, 5.74) is 0.866. The van der Waals surface area contributed by atoms with Gasteiger partial charge in [-0.25, -0.2) is 0 Å². The molecule has 0 aliphatic rings. The van der Waals surface area contributed by atoms with E-state index in [-0.39, 0.29) is 5.78 Å². The quantitative estimate of drug-likeness (QED) is 0.440. The van der Waals surface area contributed by atoms with E-state index in [2.05, 4.69) is 0 Å². The molecule has 0 spiro atoms. The smallest absolute Gasteiger partial charge is 0.201 e. The third-order valence-electron chi connectivity index (χ3n) is 1.36. The van der Waals surface area contributed by atoms with E-state index in [1.807, 2.05) is 12.9 Å². The second-order valence-electron chi connectivity index (χ2n) is 2.18. The molecule has 0 aliphatic carbocycles. The van der Waals surface area contributed by atoms with Gasteiger partial charge in [0.05, 0.1) is 5.66 Å². The number of Topliss-reactive ketones (excluding diaryl/α,β-unsaturated/α-hetero) is 1. The molecule has 0 atom stereocenters. The van der Waals surface area contributed by atoms with Crippen molar-refractivity contribution in [2.45, 2.75) is 13.7 Å². The minimum atomic E-state index is -0.0142. The highest BCUT2D eigenvalue weighted by Gasteiger charge is 2.03. The van der Waals surface area contributed by atoms with Crippen LogP contribution in [0.4, 0.5) is 0 Å². The van der Waals surface area contributed by atoms with Gasteiger partial charge >= 0.3 is 0 Å². The van der Waals surface area contributed by atoms with Crippen LogP contribution in [0.3, 0.4) is 0 Å². The molecule has 0 N–H and O–H groups in total. The van der Waals surface area contributed by atoms with Gasteiger partial charge in [-0.05, 0) is 12.1 Å². The van der Waals surface area contributed by atoms with E-state index in [4.69, 9.17) is 4.42 Å². The summed E-state index contributed by atoms with van der Waals surface area (Å²) in [6.45, 7) is 3.49. The van der Waals surface area contributed by atoms with Crippen LogP contribution in [-0.2, 0) is 0 Å². The Morgan fingerprint density at radius 2 is 2.30 bits per heavy atom. The first-order valence-electron chi connectivity index (χ1n) is 3.33. The average Bonchev–Trinajstić information content (AvgIpc) is 2.34. The van der Waals surface area contributed by atoms with Crippen molar-refractivity contribution in [2.24, 2.45) is 0 Å². The van der Waals surface area contributed by atoms with Crippen molar-refractivity contribution in [1.82, 2.24) is 0 Å². The van der Waals surface area contributed by atoms with Crippen LogP contribution in [0.1, 0.15) is 17.5 Å². The summed E-state index contributed by atoms with van der Waals surface area (Å²) in [4.78, 5) is 10.7. The van der Waals surface area contributed by atoms with Gasteiger partial charge in [0.25, 0.3) is 0 Å². The fourth-order valence-electron chi connectivity index (χ4n) is 0.757. The molecule has 52 valence electrons. The topological polar surface area (TPSA) is 30.2 Å². The molecular formula is C7H9BO2. The zero-order valence-corrected chi connectivity index (χ0v) is 6.18. The van der Waals surface area contributed by atoms with Gasteiger partial charge in [-0.2, -0.15) is 0 Å². The fourth-order valence-corrected chi connectivity index (χ4v) is 0.757. The molecular weight excluding hydrogens is 127 g/mol. The number of hydrogen-bond donors (Lipinski definition) is 0. The predicted molar refractivity (Wildman–Crippen MR) is 41.4 cm³/mol. The second kappa shape index (κ2) is 2.73. The molecule has 1 heterocycles. The number of hydrogen-bond acceptors (Lipinski definition) is 2. The van der Waals surface area contributed by atoms with E-state index in [0.29, 0.717) is 5.76 Å². The molecule has 0 radical (unpaired) electrons. The van der Waals surface area contributed by atoms with Crippen LogP contribution in [-0.4, -0.2) is 13.1 Å². The number of ketones is 1. The second-order valence-corrected chi connectivity index (χ2v) is 2.18. The number of carbonyl (C=O) groups is 1. The average molecular weight is 136 g/mol. The first kappa shape index (κ1) is 7.13. The Morgan fingerprint density at radius 3 is 2.60 bits per heavy atom. The Bertz CT molecular complexity index is 240. The van der Waals surface area contributed by atoms with Crippen molar-refractivity contribution in [3.63, 3.8) is 0 Å². The lowest BCUT2D eigenvalue weighted by atomic mass is 9.79. The van der Waals surface area contributed by atoms with Crippen LogP contribution < -0.4 is 5.66 Å². The minimum absolute atomic E-state index is 0.0142. The lowest BCUT2D eigenvalue weighted by Crippen LogP contribution is -2.05. The zero-order valence-electron chi connectivity index (χ0n) is 6.18. The molecule has 0 unspecified atom stereocenters. The summed E-state index contributed by atoms with van der Waals surface area (Å²) < 4.78 is 5.14. The molecule has 10 heavy (non-hydrogen) atoms. The third kappa shape index (κ3) is 1.29. The maximum atomic E-state index is 10.7. The first-order chi connectivity index (χ1) is 4.74. The standard InChI is InChI=1S/C7H9BO2/c1-5(9)6-3-4-7(8-2)10-6/h3-4,8H,1-2H3. The molecule has 1 rings (SSSR count). The first-order valence-corrected chi connectivity index (χ1v) is 3.33. The molecule has 0 saturated carbocycles. The van der Waals surface area contributed by atoms with Gasteiger partial charge in [-0.3, -0.25) is 4.79 Å². The maximum Gasteiger partial charge on any atom is 0.201 e. The van der Waals surface area contributed by atoms with Gasteiger partial charge in [0, 0.05) is 6.92 Å². The van der Waals surface area contributed by atoms with Crippen LogP contribution in [0.5, 0.6) is 0 Å². The molecule has 0 fully saturated rings. The summed E-state index contributed by atoms with van der Waals surface area (Å²) >= 11 is 0. The Kier molecular flexibility index (Phi) is 1.95. The summed E-state index contributed by atoms with van der Waals surface area (Å²) in [6.07, 6.45) is 0. The van der Waals surface area contributed by atoms with Crippen molar-refractivity contribution < 1.29 is 9.21 Å². The van der Waals surface area contributed by atoms with Crippen LogP contribution in [0.15, 0.2) is 16.5 Å². The van der Waals surface area contributed by atoms with Gasteiger partial charge in [0.15, 0.2) is 11.5 Å². The monoisotopic (exact) mass is 136 g/mol. The summed E-state index contributed by atoms with van der Waals surface area (Å²) in [6, 6.07) is 3.54. The highest BCUT2D eigenvalue weighted by molar-refractivity contribution is 6.50. The van der Waals surface area contributed by atoms with E-state index in [1.165, 1.54) is 6.92 Å². The molecule has 0 aromatic carbocycles.